The zero-order valence-electron chi connectivity index (χ0n) is 19.3. The van der Waals surface area contributed by atoms with Crippen LogP contribution in [0, 0.1) is 0 Å². The van der Waals surface area contributed by atoms with Crippen molar-refractivity contribution in [1.29, 1.82) is 0 Å². The Balaban J connectivity index is 0.00000289. The van der Waals surface area contributed by atoms with Crippen LogP contribution < -0.4 is 26.8 Å². The molecule has 2 aliphatic rings. The number of ether oxygens (including phenoxy) is 2. The van der Waals surface area contributed by atoms with Gasteiger partial charge in [-0.05, 0) is 25.2 Å². The highest BCUT2D eigenvalue weighted by Gasteiger charge is 2.37. The molecule has 35 heavy (non-hydrogen) atoms. The molecule has 0 fully saturated rings. The highest BCUT2D eigenvalue weighted by atomic mass is 35.5. The van der Waals surface area contributed by atoms with E-state index in [1.165, 1.54) is 11.3 Å². The number of hydrogen-bond acceptors (Lipinski definition) is 8. The molecule has 1 aromatic heterocycles. The van der Waals surface area contributed by atoms with E-state index < -0.39 is 11.8 Å². The highest BCUT2D eigenvalue weighted by molar-refractivity contribution is 7.22. The van der Waals surface area contributed by atoms with Crippen LogP contribution in [-0.4, -0.2) is 72.0 Å². The molecule has 9 nitrogen and oxygen atoms in total. The number of thiazole rings is 1. The fourth-order valence-corrected chi connectivity index (χ4v) is 5.15. The van der Waals surface area contributed by atoms with E-state index in [-0.39, 0.29) is 31.7 Å². The molecule has 0 spiro atoms. The maximum Gasteiger partial charge on any atom is 0.262 e. The molecular weight excluding hydrogens is 492 g/mol. The van der Waals surface area contributed by atoms with E-state index in [2.05, 4.69) is 23.7 Å². The number of carbonyl (C=O) groups excluding carboxylic acids is 3. The van der Waals surface area contributed by atoms with Crippen LogP contribution in [0.15, 0.2) is 36.4 Å². The second kappa shape index (κ2) is 10.2. The van der Waals surface area contributed by atoms with Crippen molar-refractivity contribution in [1.82, 2.24) is 14.8 Å². The quantitative estimate of drug-likeness (QED) is 0.390. The first-order chi connectivity index (χ1) is 16.5. The van der Waals surface area contributed by atoms with Gasteiger partial charge in [0.2, 0.25) is 12.7 Å². The number of fused-ring (bicyclic) bond motifs is 3. The number of carbonyl (C=O) groups is 3. The molecule has 0 atom stereocenters. The average molecular weight is 516 g/mol. The lowest BCUT2D eigenvalue weighted by atomic mass is 10.1. The lowest BCUT2D eigenvalue weighted by Crippen LogP contribution is -3.00. The number of rotatable bonds is 8. The molecule has 2 aliphatic heterocycles. The molecule has 3 heterocycles. The first-order valence-electron chi connectivity index (χ1n) is 11.2. The van der Waals surface area contributed by atoms with Crippen molar-refractivity contribution in [2.45, 2.75) is 13.8 Å². The molecule has 184 valence electrons. The first-order valence-corrected chi connectivity index (χ1v) is 12.0. The SMILES string of the molecule is CCN(CC)CCN(C(=O)CN1C(=O)c2ccccc2C1=O)c1nc2cc3c(cc2s1)OCO3.[Cl-]. The molecule has 0 radical (unpaired) electrons. The molecule has 0 aliphatic carbocycles. The molecule has 5 rings (SSSR count). The summed E-state index contributed by atoms with van der Waals surface area (Å²) in [5, 5.41) is 0.507. The van der Waals surface area contributed by atoms with Gasteiger partial charge in [-0.1, -0.05) is 37.3 Å². The molecule has 3 amide bonds. The van der Waals surface area contributed by atoms with Gasteiger partial charge in [0.15, 0.2) is 16.6 Å². The average Bonchev–Trinajstić information content (AvgIpc) is 3.53. The topological polar surface area (TPSA) is 92.3 Å². The lowest BCUT2D eigenvalue weighted by molar-refractivity contribution is -0.119. The van der Waals surface area contributed by atoms with Crippen LogP contribution in [0.1, 0.15) is 34.6 Å². The van der Waals surface area contributed by atoms with E-state index in [4.69, 9.17) is 9.47 Å². The van der Waals surface area contributed by atoms with Gasteiger partial charge in [-0.3, -0.25) is 24.2 Å². The van der Waals surface area contributed by atoms with Crippen LogP contribution in [0.4, 0.5) is 5.13 Å². The van der Waals surface area contributed by atoms with Gasteiger partial charge in [0.05, 0.1) is 21.3 Å². The maximum atomic E-state index is 13.5. The normalized spacial score (nSPS) is 14.0. The van der Waals surface area contributed by atoms with Crippen molar-refractivity contribution in [3.63, 3.8) is 0 Å². The van der Waals surface area contributed by atoms with Crippen molar-refractivity contribution >= 4 is 44.4 Å². The first kappa shape index (κ1) is 24.9. The Morgan fingerprint density at radius 2 is 1.66 bits per heavy atom. The third kappa shape index (κ3) is 4.56. The fraction of sp³-hybridized carbons (Fsp3) is 0.333. The van der Waals surface area contributed by atoms with Gasteiger partial charge in [-0.15, -0.1) is 0 Å². The van der Waals surface area contributed by atoms with E-state index in [9.17, 15) is 14.4 Å². The predicted octanol–water partition coefficient (Wildman–Crippen LogP) is 0.000000000000000666. The van der Waals surface area contributed by atoms with Gasteiger partial charge in [0.25, 0.3) is 11.8 Å². The maximum absolute atomic E-state index is 13.5. The van der Waals surface area contributed by atoms with Gasteiger partial charge in [0, 0.05) is 25.2 Å². The lowest BCUT2D eigenvalue weighted by Gasteiger charge is -2.26. The molecule has 0 bridgehead atoms. The predicted molar refractivity (Wildman–Crippen MR) is 128 cm³/mol. The molecule has 11 heteroatoms. The summed E-state index contributed by atoms with van der Waals surface area (Å²) < 4.78 is 11.8. The van der Waals surface area contributed by atoms with Gasteiger partial charge < -0.3 is 26.8 Å². The highest BCUT2D eigenvalue weighted by Crippen LogP contribution is 2.40. The Morgan fingerprint density at radius 3 is 2.29 bits per heavy atom. The summed E-state index contributed by atoms with van der Waals surface area (Å²) in [6.07, 6.45) is 0. The third-order valence-corrected chi connectivity index (χ3v) is 7.15. The summed E-state index contributed by atoms with van der Waals surface area (Å²) in [5.74, 6) is 0.00669. The molecule has 0 saturated carbocycles. The smallest absolute Gasteiger partial charge is 0.262 e. The van der Waals surface area contributed by atoms with Crippen molar-refractivity contribution in [3.8, 4) is 11.5 Å². The van der Waals surface area contributed by atoms with E-state index in [0.29, 0.717) is 46.4 Å². The van der Waals surface area contributed by atoms with E-state index in [0.717, 1.165) is 22.7 Å². The van der Waals surface area contributed by atoms with Crippen LogP contribution in [0.3, 0.4) is 0 Å². The Bertz CT molecular complexity index is 1220. The number of nitrogens with zero attached hydrogens (tertiary/aromatic N) is 4. The fourth-order valence-electron chi connectivity index (χ4n) is 4.13. The molecule has 0 unspecified atom stereocenters. The Labute approximate surface area is 212 Å². The number of benzene rings is 2. The van der Waals surface area contributed by atoms with E-state index in [1.807, 2.05) is 6.07 Å². The second-order valence-electron chi connectivity index (χ2n) is 7.98. The minimum Gasteiger partial charge on any atom is -1.00 e. The number of hydrogen-bond donors (Lipinski definition) is 0. The summed E-state index contributed by atoms with van der Waals surface area (Å²) in [7, 11) is 0. The Hall–Kier alpha value is -3.21. The zero-order chi connectivity index (χ0) is 23.8. The van der Waals surface area contributed by atoms with Gasteiger partial charge in [0.1, 0.15) is 6.54 Å². The second-order valence-corrected chi connectivity index (χ2v) is 8.99. The molecular formula is C24H24ClN4O5S-. The largest absolute Gasteiger partial charge is 1.00 e. The Morgan fingerprint density at radius 1 is 1.03 bits per heavy atom. The number of aromatic nitrogens is 1. The van der Waals surface area contributed by atoms with Gasteiger partial charge in [-0.25, -0.2) is 4.98 Å². The number of imide groups is 1. The summed E-state index contributed by atoms with van der Waals surface area (Å²) in [4.78, 5) is 48.5. The van der Waals surface area contributed by atoms with Crippen LogP contribution in [0.2, 0.25) is 0 Å². The molecule has 0 N–H and O–H groups in total. The summed E-state index contributed by atoms with van der Waals surface area (Å²) in [6.45, 7) is 6.67. The zero-order valence-corrected chi connectivity index (χ0v) is 20.9. The van der Waals surface area contributed by atoms with Crippen LogP contribution >= 0.6 is 11.3 Å². The number of amides is 3. The number of anilines is 1. The minimum absolute atomic E-state index is 0. The van der Waals surface area contributed by atoms with Crippen LogP contribution in [0.25, 0.3) is 10.2 Å². The van der Waals surface area contributed by atoms with Crippen molar-refractivity contribution in [3.05, 3.63) is 47.5 Å². The van der Waals surface area contributed by atoms with Crippen LogP contribution in [-0.2, 0) is 4.79 Å². The summed E-state index contributed by atoms with van der Waals surface area (Å²) >= 11 is 1.36. The van der Waals surface area contributed by atoms with Crippen molar-refractivity contribution < 1.29 is 36.3 Å². The molecule has 3 aromatic rings. The van der Waals surface area contributed by atoms with Crippen LogP contribution in [0.5, 0.6) is 11.5 Å². The number of halogens is 1. The monoisotopic (exact) mass is 515 g/mol. The van der Waals surface area contributed by atoms with Gasteiger partial charge >= 0.3 is 0 Å². The summed E-state index contributed by atoms with van der Waals surface area (Å²) in [6, 6.07) is 10.3. The number of likely N-dealkylation sites (N-methyl/N-ethyl adjacent to an activating group) is 1. The minimum atomic E-state index is -0.451. The standard InChI is InChI=1S/C24H24N4O5S.ClH/c1-3-26(4-2)9-10-27(24-25-17-11-18-19(33-14-32-18)12-20(17)34-24)21(29)13-28-22(30)15-7-5-6-8-16(15)23(28)31;/h5-8,11-12H,3-4,9-10,13-14H2,1-2H3;1H/p-1. The van der Waals surface area contributed by atoms with E-state index >= 15 is 0 Å². The van der Waals surface area contributed by atoms with Gasteiger partial charge in [-0.2, -0.15) is 0 Å². The summed E-state index contributed by atoms with van der Waals surface area (Å²) in [5.41, 5.74) is 1.35. The van der Waals surface area contributed by atoms with Crippen molar-refractivity contribution in [2.24, 2.45) is 0 Å². The third-order valence-electron chi connectivity index (χ3n) is 6.11. The molecule has 2 aromatic carbocycles. The molecule has 0 saturated heterocycles. The Kier molecular flexibility index (Phi) is 7.25. The van der Waals surface area contributed by atoms with Crippen molar-refractivity contribution in [2.75, 3.05) is 44.4 Å². The van der Waals surface area contributed by atoms with E-state index in [1.54, 1.807) is 35.2 Å².